The Morgan fingerprint density at radius 3 is 2.12 bits per heavy atom. The van der Waals surface area contributed by atoms with Gasteiger partial charge in [0.05, 0.1) is 16.1 Å². The summed E-state index contributed by atoms with van der Waals surface area (Å²) in [6, 6.07) is 8.09. The van der Waals surface area contributed by atoms with Crippen LogP contribution in [0.25, 0.3) is 11.3 Å². The van der Waals surface area contributed by atoms with Crippen LogP contribution in [0.15, 0.2) is 47.0 Å². The highest BCUT2D eigenvalue weighted by molar-refractivity contribution is 6.33. The van der Waals surface area contributed by atoms with Crippen LogP contribution in [-0.2, 0) is 6.18 Å². The average molecular weight is 496 g/mol. The van der Waals surface area contributed by atoms with Crippen LogP contribution >= 0.6 is 11.6 Å². The second kappa shape index (κ2) is 9.09. The van der Waals surface area contributed by atoms with Gasteiger partial charge in [0.1, 0.15) is 22.8 Å². The van der Waals surface area contributed by atoms with E-state index in [9.17, 15) is 27.2 Å². The second-order valence-corrected chi connectivity index (χ2v) is 8.13. The second-order valence-electron chi connectivity index (χ2n) is 7.72. The van der Waals surface area contributed by atoms with E-state index in [1.165, 1.54) is 34.9 Å². The molecule has 2 amide bonds. The van der Waals surface area contributed by atoms with E-state index in [1.807, 2.05) is 0 Å². The molecule has 4 rings (SSSR count). The van der Waals surface area contributed by atoms with E-state index in [2.05, 4.69) is 5.16 Å². The molecule has 34 heavy (non-hydrogen) atoms. The van der Waals surface area contributed by atoms with Crippen molar-refractivity contribution in [2.24, 2.45) is 0 Å². The predicted molar refractivity (Wildman–Crippen MR) is 115 cm³/mol. The lowest BCUT2D eigenvalue weighted by Crippen LogP contribution is -2.50. The van der Waals surface area contributed by atoms with E-state index in [1.54, 1.807) is 0 Å². The minimum atomic E-state index is -4.49. The van der Waals surface area contributed by atoms with Crippen molar-refractivity contribution in [1.29, 1.82) is 0 Å². The van der Waals surface area contributed by atoms with E-state index in [0.29, 0.717) is 0 Å². The number of hydrogen-bond donors (Lipinski definition) is 0. The number of nitrogens with zero attached hydrogens (tertiary/aromatic N) is 3. The zero-order chi connectivity index (χ0) is 24.6. The van der Waals surface area contributed by atoms with E-state index >= 15 is 0 Å². The molecule has 1 aliphatic rings. The molecule has 3 aromatic rings. The van der Waals surface area contributed by atoms with Crippen molar-refractivity contribution >= 4 is 23.4 Å². The number of rotatable bonds is 3. The summed E-state index contributed by atoms with van der Waals surface area (Å²) < 4.78 is 57.8. The molecular formula is C23H18ClF4N3O3. The molecule has 0 N–H and O–H groups in total. The summed E-state index contributed by atoms with van der Waals surface area (Å²) in [5.41, 5.74) is -0.683. The van der Waals surface area contributed by atoms with Gasteiger partial charge >= 0.3 is 6.18 Å². The van der Waals surface area contributed by atoms with Gasteiger partial charge in [0.15, 0.2) is 0 Å². The average Bonchev–Trinajstić information content (AvgIpc) is 3.18. The van der Waals surface area contributed by atoms with Gasteiger partial charge in [-0.15, -0.1) is 0 Å². The summed E-state index contributed by atoms with van der Waals surface area (Å²) >= 11 is 6.13. The van der Waals surface area contributed by atoms with Crippen molar-refractivity contribution in [3.8, 4) is 11.3 Å². The topological polar surface area (TPSA) is 66.7 Å². The molecule has 0 saturated carbocycles. The highest BCUT2D eigenvalue weighted by Crippen LogP contribution is 2.34. The molecule has 1 aromatic heterocycles. The lowest BCUT2D eigenvalue weighted by atomic mass is 10.0. The van der Waals surface area contributed by atoms with Gasteiger partial charge in [0.2, 0.25) is 0 Å². The largest absolute Gasteiger partial charge is 0.416 e. The standard InChI is InChI=1S/C23H18ClF4N3O3/c1-13-18(20(29-34-13)19-16(24)3-2-4-17(19)25)22(33)31-11-9-30(10-12-31)21(32)14-5-7-15(8-6-14)23(26,27)28/h2-8H,9-12H2,1H3. The smallest absolute Gasteiger partial charge is 0.360 e. The molecule has 2 aromatic carbocycles. The Balaban J connectivity index is 1.48. The van der Waals surface area contributed by atoms with Gasteiger partial charge in [-0.05, 0) is 43.3 Å². The zero-order valence-corrected chi connectivity index (χ0v) is 18.6. The van der Waals surface area contributed by atoms with Gasteiger partial charge in [-0.1, -0.05) is 22.8 Å². The number of alkyl halides is 3. The lowest BCUT2D eigenvalue weighted by Gasteiger charge is -2.34. The number of carbonyl (C=O) groups excluding carboxylic acids is 2. The van der Waals surface area contributed by atoms with Gasteiger partial charge in [-0.3, -0.25) is 9.59 Å². The number of hydrogen-bond acceptors (Lipinski definition) is 4. The van der Waals surface area contributed by atoms with Gasteiger partial charge in [-0.2, -0.15) is 13.2 Å². The monoisotopic (exact) mass is 495 g/mol. The van der Waals surface area contributed by atoms with Crippen molar-refractivity contribution in [3.63, 3.8) is 0 Å². The van der Waals surface area contributed by atoms with E-state index in [-0.39, 0.29) is 59.3 Å². The molecule has 0 atom stereocenters. The zero-order valence-electron chi connectivity index (χ0n) is 17.8. The molecule has 0 spiro atoms. The normalized spacial score (nSPS) is 14.4. The third-order valence-electron chi connectivity index (χ3n) is 5.59. The van der Waals surface area contributed by atoms with Crippen LogP contribution in [0.2, 0.25) is 5.02 Å². The Labute approximate surface area is 196 Å². The van der Waals surface area contributed by atoms with Crippen molar-refractivity contribution in [1.82, 2.24) is 15.0 Å². The number of benzene rings is 2. The summed E-state index contributed by atoms with van der Waals surface area (Å²) in [7, 11) is 0. The number of piperazine rings is 1. The summed E-state index contributed by atoms with van der Waals surface area (Å²) in [5.74, 6) is -1.33. The maximum absolute atomic E-state index is 14.4. The van der Waals surface area contributed by atoms with Gasteiger partial charge in [-0.25, -0.2) is 4.39 Å². The molecule has 0 bridgehead atoms. The van der Waals surface area contributed by atoms with E-state index in [0.717, 1.165) is 24.3 Å². The SMILES string of the molecule is Cc1onc(-c2c(F)cccc2Cl)c1C(=O)N1CCN(C(=O)c2ccc(C(F)(F)F)cc2)CC1. The van der Waals surface area contributed by atoms with Crippen LogP contribution in [0.3, 0.4) is 0 Å². The van der Waals surface area contributed by atoms with Crippen LogP contribution in [0, 0.1) is 12.7 Å². The number of aryl methyl sites for hydroxylation is 1. The molecular weight excluding hydrogens is 478 g/mol. The van der Waals surface area contributed by atoms with Crippen molar-refractivity contribution in [3.05, 3.63) is 75.8 Å². The summed E-state index contributed by atoms with van der Waals surface area (Å²) in [6.07, 6.45) is -4.49. The molecule has 178 valence electrons. The lowest BCUT2D eigenvalue weighted by molar-refractivity contribution is -0.137. The Hall–Kier alpha value is -3.40. The van der Waals surface area contributed by atoms with Crippen molar-refractivity contribution in [2.45, 2.75) is 13.1 Å². The molecule has 0 aliphatic carbocycles. The summed E-state index contributed by atoms with van der Waals surface area (Å²) in [5, 5.41) is 3.92. The Morgan fingerprint density at radius 1 is 0.971 bits per heavy atom. The first kappa shape index (κ1) is 23.7. The first-order valence-corrected chi connectivity index (χ1v) is 10.6. The quantitative estimate of drug-likeness (QED) is 0.476. The molecule has 0 unspecified atom stereocenters. The van der Waals surface area contributed by atoms with Gasteiger partial charge in [0, 0.05) is 31.7 Å². The third kappa shape index (κ3) is 4.50. The fourth-order valence-electron chi connectivity index (χ4n) is 3.77. The van der Waals surface area contributed by atoms with E-state index in [4.69, 9.17) is 16.1 Å². The van der Waals surface area contributed by atoms with Crippen LogP contribution in [-0.4, -0.2) is 52.9 Å². The number of carbonyl (C=O) groups is 2. The maximum Gasteiger partial charge on any atom is 0.416 e. The van der Waals surface area contributed by atoms with Gasteiger partial charge < -0.3 is 14.3 Å². The molecule has 11 heteroatoms. The molecule has 0 radical (unpaired) electrons. The highest BCUT2D eigenvalue weighted by Gasteiger charge is 2.33. The molecule has 1 aliphatic heterocycles. The minimum Gasteiger partial charge on any atom is -0.360 e. The first-order chi connectivity index (χ1) is 16.1. The fourth-order valence-corrected chi connectivity index (χ4v) is 4.03. The third-order valence-corrected chi connectivity index (χ3v) is 5.90. The maximum atomic E-state index is 14.4. The number of aromatic nitrogens is 1. The Kier molecular flexibility index (Phi) is 6.35. The highest BCUT2D eigenvalue weighted by atomic mass is 35.5. The fraction of sp³-hybridized carbons (Fsp3) is 0.261. The number of halogens is 5. The molecule has 6 nitrogen and oxygen atoms in total. The predicted octanol–water partition coefficient (Wildman–Crippen LogP) is 5.06. The van der Waals surface area contributed by atoms with Crippen molar-refractivity contribution in [2.75, 3.05) is 26.2 Å². The Morgan fingerprint density at radius 2 is 1.56 bits per heavy atom. The van der Waals surface area contributed by atoms with Crippen LogP contribution in [0.1, 0.15) is 32.0 Å². The molecule has 1 fully saturated rings. The van der Waals surface area contributed by atoms with Crippen LogP contribution < -0.4 is 0 Å². The summed E-state index contributed by atoms with van der Waals surface area (Å²) in [6.45, 7) is 2.21. The molecule has 1 saturated heterocycles. The van der Waals surface area contributed by atoms with Crippen LogP contribution in [0.4, 0.5) is 17.6 Å². The Bertz CT molecular complexity index is 1210. The van der Waals surface area contributed by atoms with E-state index < -0.39 is 29.4 Å². The van der Waals surface area contributed by atoms with Crippen molar-refractivity contribution < 1.29 is 31.7 Å². The summed E-state index contributed by atoms with van der Waals surface area (Å²) in [4.78, 5) is 28.9. The van der Waals surface area contributed by atoms with Crippen LogP contribution in [0.5, 0.6) is 0 Å². The number of amides is 2. The molecule has 2 heterocycles. The minimum absolute atomic E-state index is 0.00568. The first-order valence-electron chi connectivity index (χ1n) is 10.2. The van der Waals surface area contributed by atoms with Gasteiger partial charge in [0.25, 0.3) is 11.8 Å².